The Morgan fingerprint density at radius 3 is 2.54 bits per heavy atom. The maximum atomic E-state index is 12.9. The molecular weight excluding hydrogens is 324 g/mol. The van der Waals surface area contributed by atoms with Crippen molar-refractivity contribution in [3.8, 4) is 0 Å². The molecule has 2 aromatic rings. The zero-order valence-electron chi connectivity index (χ0n) is 15.8. The molecule has 5 nitrogen and oxygen atoms in total. The molecule has 0 spiro atoms. The first-order valence-electron chi connectivity index (χ1n) is 9.44. The number of amides is 1. The molecule has 1 aromatic carbocycles. The van der Waals surface area contributed by atoms with E-state index in [1.165, 1.54) is 5.69 Å². The maximum absolute atomic E-state index is 12.9. The first-order valence-corrected chi connectivity index (χ1v) is 9.44. The Kier molecular flexibility index (Phi) is 6.10. The number of carbonyl (C=O) groups is 1. The number of carbonyl (C=O) groups excluding carboxylic acids is 1. The number of hydrogen-bond donors (Lipinski definition) is 0. The Morgan fingerprint density at radius 2 is 1.85 bits per heavy atom. The summed E-state index contributed by atoms with van der Waals surface area (Å²) < 4.78 is 0. The third kappa shape index (κ3) is 4.34. The van der Waals surface area contributed by atoms with Crippen LogP contribution >= 0.6 is 0 Å². The molecule has 0 radical (unpaired) electrons. The molecule has 1 aliphatic heterocycles. The number of hydrogen-bond acceptors (Lipinski definition) is 4. The molecule has 0 saturated carbocycles. The number of aromatic nitrogens is 1. The van der Waals surface area contributed by atoms with Gasteiger partial charge in [-0.05, 0) is 24.6 Å². The van der Waals surface area contributed by atoms with Crippen molar-refractivity contribution in [1.29, 1.82) is 0 Å². The van der Waals surface area contributed by atoms with Gasteiger partial charge in [0, 0.05) is 51.7 Å². The number of rotatable bonds is 6. The lowest BCUT2D eigenvalue weighted by atomic mass is 10.2. The second kappa shape index (κ2) is 8.70. The van der Waals surface area contributed by atoms with Crippen molar-refractivity contribution in [2.24, 2.45) is 0 Å². The number of anilines is 2. The van der Waals surface area contributed by atoms with Gasteiger partial charge in [0.2, 0.25) is 0 Å². The fraction of sp³-hybridized carbons (Fsp3) is 0.429. The molecule has 1 aromatic heterocycles. The monoisotopic (exact) mass is 352 g/mol. The van der Waals surface area contributed by atoms with Gasteiger partial charge in [-0.15, -0.1) is 0 Å². The van der Waals surface area contributed by atoms with Gasteiger partial charge in [-0.1, -0.05) is 31.5 Å². The van der Waals surface area contributed by atoms with Crippen LogP contribution in [0.1, 0.15) is 30.1 Å². The van der Waals surface area contributed by atoms with Gasteiger partial charge >= 0.3 is 0 Å². The average Bonchev–Trinajstić information content (AvgIpc) is 2.72. The van der Waals surface area contributed by atoms with Crippen LogP contribution in [0, 0.1) is 0 Å². The summed E-state index contributed by atoms with van der Waals surface area (Å²) in [5.41, 5.74) is 2.91. The summed E-state index contributed by atoms with van der Waals surface area (Å²) in [6, 6.07) is 12.3. The second-order valence-electron chi connectivity index (χ2n) is 6.82. The number of pyridine rings is 1. The van der Waals surface area contributed by atoms with Crippen LogP contribution in [0.3, 0.4) is 0 Å². The van der Waals surface area contributed by atoms with Crippen LogP contribution in [0.4, 0.5) is 11.4 Å². The van der Waals surface area contributed by atoms with Crippen molar-refractivity contribution in [3.63, 3.8) is 0 Å². The van der Waals surface area contributed by atoms with Crippen LogP contribution in [-0.2, 0) is 0 Å². The Labute approximate surface area is 156 Å². The van der Waals surface area contributed by atoms with E-state index in [4.69, 9.17) is 0 Å². The van der Waals surface area contributed by atoms with E-state index < -0.39 is 0 Å². The predicted molar refractivity (Wildman–Crippen MR) is 107 cm³/mol. The third-order valence-corrected chi connectivity index (χ3v) is 4.95. The van der Waals surface area contributed by atoms with E-state index in [0.717, 1.165) is 51.3 Å². The van der Waals surface area contributed by atoms with Crippen molar-refractivity contribution >= 4 is 17.3 Å². The van der Waals surface area contributed by atoms with Gasteiger partial charge in [0.1, 0.15) is 0 Å². The molecular formula is C21H28N4O. The van der Waals surface area contributed by atoms with Gasteiger partial charge in [0.05, 0.1) is 17.4 Å². The van der Waals surface area contributed by atoms with Crippen LogP contribution in [0.2, 0.25) is 0 Å². The summed E-state index contributed by atoms with van der Waals surface area (Å²) in [6.07, 6.45) is 5.81. The molecule has 0 aliphatic carbocycles. The van der Waals surface area contributed by atoms with Gasteiger partial charge in [0.25, 0.3) is 5.91 Å². The minimum absolute atomic E-state index is 0.0796. The largest absolute Gasteiger partial charge is 0.373 e. The zero-order chi connectivity index (χ0) is 18.4. The van der Waals surface area contributed by atoms with E-state index in [9.17, 15) is 4.79 Å². The lowest BCUT2D eigenvalue weighted by molar-refractivity contribution is 0.0746. The highest BCUT2D eigenvalue weighted by molar-refractivity contribution is 5.95. The summed E-state index contributed by atoms with van der Waals surface area (Å²) >= 11 is 0. The molecule has 0 bridgehead atoms. The summed E-state index contributed by atoms with van der Waals surface area (Å²) in [7, 11) is 2.06. The van der Waals surface area contributed by atoms with Gasteiger partial charge in [-0.3, -0.25) is 9.78 Å². The first-order chi connectivity index (χ1) is 12.7. The zero-order valence-corrected chi connectivity index (χ0v) is 15.8. The fourth-order valence-corrected chi connectivity index (χ4v) is 3.27. The number of nitrogens with zero attached hydrogens (tertiary/aromatic N) is 4. The van der Waals surface area contributed by atoms with Crippen molar-refractivity contribution < 1.29 is 4.79 Å². The van der Waals surface area contributed by atoms with Crippen molar-refractivity contribution in [2.75, 3.05) is 49.6 Å². The van der Waals surface area contributed by atoms with Crippen molar-refractivity contribution in [1.82, 2.24) is 9.88 Å². The van der Waals surface area contributed by atoms with Crippen LogP contribution in [0.15, 0.2) is 48.8 Å². The molecule has 0 unspecified atom stereocenters. The lowest BCUT2D eigenvalue weighted by Crippen LogP contribution is -2.48. The molecule has 0 N–H and O–H groups in total. The van der Waals surface area contributed by atoms with Crippen LogP contribution in [0.25, 0.3) is 0 Å². The van der Waals surface area contributed by atoms with Gasteiger partial charge in [-0.25, -0.2) is 0 Å². The summed E-state index contributed by atoms with van der Waals surface area (Å²) in [5.74, 6) is 0.0796. The number of para-hydroxylation sites is 1. The minimum Gasteiger partial charge on any atom is -0.373 e. The Morgan fingerprint density at radius 1 is 1.12 bits per heavy atom. The Balaban J connectivity index is 1.62. The summed E-state index contributed by atoms with van der Waals surface area (Å²) in [6.45, 7) is 6.36. The number of unbranched alkanes of at least 4 members (excludes halogenated alkanes) is 1. The van der Waals surface area contributed by atoms with Crippen molar-refractivity contribution in [3.05, 3.63) is 54.4 Å². The molecule has 0 atom stereocenters. The Hall–Kier alpha value is -2.56. The molecule has 26 heavy (non-hydrogen) atoms. The quantitative estimate of drug-likeness (QED) is 0.800. The maximum Gasteiger partial charge on any atom is 0.255 e. The number of benzene rings is 1. The fourth-order valence-electron chi connectivity index (χ4n) is 3.27. The molecule has 138 valence electrons. The third-order valence-electron chi connectivity index (χ3n) is 4.95. The topological polar surface area (TPSA) is 39.7 Å². The van der Waals surface area contributed by atoms with Gasteiger partial charge in [-0.2, -0.15) is 0 Å². The minimum atomic E-state index is 0.0796. The standard InChI is InChI=1S/C21H28N4O/c1-3-4-10-23(2)20-15-18(16-22-17-20)21(26)25-13-11-24(12-14-25)19-8-6-5-7-9-19/h5-9,15-17H,3-4,10-14H2,1-2H3. The number of piperazine rings is 1. The van der Waals surface area contributed by atoms with E-state index >= 15 is 0 Å². The van der Waals surface area contributed by atoms with Crippen LogP contribution < -0.4 is 9.80 Å². The van der Waals surface area contributed by atoms with Crippen molar-refractivity contribution in [2.45, 2.75) is 19.8 Å². The molecule has 2 heterocycles. The van der Waals surface area contributed by atoms with Crippen LogP contribution in [-0.4, -0.2) is 55.6 Å². The first kappa shape index (κ1) is 18.2. The smallest absolute Gasteiger partial charge is 0.255 e. The van der Waals surface area contributed by atoms with E-state index in [1.54, 1.807) is 6.20 Å². The van der Waals surface area contributed by atoms with Gasteiger partial charge < -0.3 is 14.7 Å². The Bertz CT molecular complexity index is 711. The van der Waals surface area contributed by atoms with Gasteiger partial charge in [0.15, 0.2) is 0 Å². The molecule has 1 fully saturated rings. The average molecular weight is 352 g/mol. The van der Waals surface area contributed by atoms with E-state index in [0.29, 0.717) is 5.56 Å². The van der Waals surface area contributed by atoms with E-state index in [2.05, 4.69) is 53.0 Å². The molecule has 1 saturated heterocycles. The van der Waals surface area contributed by atoms with E-state index in [1.807, 2.05) is 23.2 Å². The highest BCUT2D eigenvalue weighted by atomic mass is 16.2. The predicted octanol–water partition coefficient (Wildman–Crippen LogP) is 3.28. The van der Waals surface area contributed by atoms with Crippen LogP contribution in [0.5, 0.6) is 0 Å². The molecule has 1 amide bonds. The normalized spacial score (nSPS) is 14.4. The second-order valence-corrected chi connectivity index (χ2v) is 6.82. The molecule has 1 aliphatic rings. The van der Waals surface area contributed by atoms with E-state index in [-0.39, 0.29) is 5.91 Å². The summed E-state index contributed by atoms with van der Waals surface area (Å²) in [5, 5.41) is 0. The molecule has 5 heteroatoms. The summed E-state index contributed by atoms with van der Waals surface area (Å²) in [4.78, 5) is 23.6. The highest BCUT2D eigenvalue weighted by Gasteiger charge is 2.22. The molecule has 3 rings (SSSR count). The lowest BCUT2D eigenvalue weighted by Gasteiger charge is -2.36. The SMILES string of the molecule is CCCCN(C)c1cncc(C(=O)N2CCN(c3ccccc3)CC2)c1. The highest BCUT2D eigenvalue weighted by Crippen LogP contribution is 2.19.